The third-order valence-corrected chi connectivity index (χ3v) is 4.65. The fraction of sp³-hybridized carbons (Fsp3) is 0.500. The normalized spacial score (nSPS) is 18.0. The summed E-state index contributed by atoms with van der Waals surface area (Å²) in [5.74, 6) is 2.47. The lowest BCUT2D eigenvalue weighted by atomic mass is 10.2. The SMILES string of the molecule is Cc1cnc(Nc2cc(N3CCNCC3)cc(N3CCOCC3)n2)cn1. The second-order valence-electron chi connectivity index (χ2n) is 6.57. The average Bonchev–Trinajstić information content (AvgIpc) is 2.71. The highest BCUT2D eigenvalue weighted by molar-refractivity contribution is 5.65. The number of hydrogen-bond donors (Lipinski definition) is 2. The van der Waals surface area contributed by atoms with Crippen LogP contribution in [0.2, 0.25) is 0 Å². The van der Waals surface area contributed by atoms with Crippen LogP contribution in [0.15, 0.2) is 24.5 Å². The molecule has 2 saturated heterocycles. The average molecular weight is 355 g/mol. The van der Waals surface area contributed by atoms with Crippen molar-refractivity contribution in [1.29, 1.82) is 0 Å². The Morgan fingerprint density at radius 3 is 2.50 bits per heavy atom. The van der Waals surface area contributed by atoms with Crippen LogP contribution < -0.4 is 20.4 Å². The quantitative estimate of drug-likeness (QED) is 0.846. The van der Waals surface area contributed by atoms with Gasteiger partial charge in [0, 0.05) is 57.1 Å². The molecule has 2 N–H and O–H groups in total. The van der Waals surface area contributed by atoms with E-state index in [4.69, 9.17) is 9.72 Å². The number of hydrogen-bond acceptors (Lipinski definition) is 8. The molecule has 0 aromatic carbocycles. The molecule has 4 heterocycles. The highest BCUT2D eigenvalue weighted by Gasteiger charge is 2.18. The highest BCUT2D eigenvalue weighted by atomic mass is 16.5. The first kappa shape index (κ1) is 17.0. The van der Waals surface area contributed by atoms with Gasteiger partial charge in [-0.1, -0.05) is 0 Å². The van der Waals surface area contributed by atoms with Crippen molar-refractivity contribution in [1.82, 2.24) is 20.3 Å². The lowest BCUT2D eigenvalue weighted by Crippen LogP contribution is -2.43. The van der Waals surface area contributed by atoms with E-state index in [0.29, 0.717) is 5.82 Å². The first-order chi connectivity index (χ1) is 12.8. The van der Waals surface area contributed by atoms with Gasteiger partial charge < -0.3 is 25.2 Å². The van der Waals surface area contributed by atoms with Gasteiger partial charge in [-0.25, -0.2) is 9.97 Å². The molecule has 0 aliphatic carbocycles. The molecule has 2 aromatic rings. The van der Waals surface area contributed by atoms with Crippen molar-refractivity contribution in [3.63, 3.8) is 0 Å². The Balaban J connectivity index is 1.63. The van der Waals surface area contributed by atoms with Crippen molar-refractivity contribution in [2.75, 3.05) is 67.6 Å². The molecular formula is C18H25N7O. The zero-order valence-electron chi connectivity index (χ0n) is 15.1. The van der Waals surface area contributed by atoms with Gasteiger partial charge in [-0.2, -0.15) is 0 Å². The van der Waals surface area contributed by atoms with Crippen LogP contribution in [-0.2, 0) is 4.74 Å². The van der Waals surface area contributed by atoms with Gasteiger partial charge in [-0.15, -0.1) is 0 Å². The van der Waals surface area contributed by atoms with E-state index in [1.807, 2.05) is 6.92 Å². The second kappa shape index (κ2) is 7.84. The molecule has 0 unspecified atom stereocenters. The van der Waals surface area contributed by atoms with Gasteiger partial charge in [-0.05, 0) is 6.92 Å². The van der Waals surface area contributed by atoms with Crippen LogP contribution >= 0.6 is 0 Å². The van der Waals surface area contributed by atoms with Crippen LogP contribution in [0.5, 0.6) is 0 Å². The van der Waals surface area contributed by atoms with Crippen molar-refractivity contribution < 1.29 is 4.74 Å². The highest BCUT2D eigenvalue weighted by Crippen LogP contribution is 2.27. The molecule has 8 heteroatoms. The molecule has 2 aliphatic rings. The van der Waals surface area contributed by atoms with E-state index in [2.05, 4.69) is 42.5 Å². The maximum absolute atomic E-state index is 5.48. The Morgan fingerprint density at radius 1 is 0.962 bits per heavy atom. The summed E-state index contributed by atoms with van der Waals surface area (Å²) in [6.45, 7) is 9.13. The van der Waals surface area contributed by atoms with Crippen LogP contribution in [0.25, 0.3) is 0 Å². The summed E-state index contributed by atoms with van der Waals surface area (Å²) in [5.41, 5.74) is 2.08. The largest absolute Gasteiger partial charge is 0.378 e. The summed E-state index contributed by atoms with van der Waals surface area (Å²) in [5, 5.41) is 6.71. The smallest absolute Gasteiger partial charge is 0.150 e. The number of rotatable bonds is 4. The first-order valence-electron chi connectivity index (χ1n) is 9.14. The van der Waals surface area contributed by atoms with Gasteiger partial charge in [0.05, 0.1) is 31.3 Å². The van der Waals surface area contributed by atoms with Crippen LogP contribution in [-0.4, -0.2) is 67.4 Å². The summed E-state index contributed by atoms with van der Waals surface area (Å²) >= 11 is 0. The number of aromatic nitrogens is 3. The third kappa shape index (κ3) is 4.03. The zero-order valence-corrected chi connectivity index (χ0v) is 15.1. The number of piperazine rings is 1. The third-order valence-electron chi connectivity index (χ3n) is 4.65. The topological polar surface area (TPSA) is 78.4 Å². The number of nitrogens with zero attached hydrogens (tertiary/aromatic N) is 5. The molecule has 2 aliphatic heterocycles. The lowest BCUT2D eigenvalue weighted by Gasteiger charge is -2.32. The summed E-state index contributed by atoms with van der Waals surface area (Å²) in [4.78, 5) is 18.2. The van der Waals surface area contributed by atoms with Crippen molar-refractivity contribution >= 4 is 23.1 Å². The zero-order chi connectivity index (χ0) is 17.8. The van der Waals surface area contributed by atoms with Gasteiger partial charge in [0.1, 0.15) is 17.5 Å². The van der Waals surface area contributed by atoms with E-state index in [9.17, 15) is 0 Å². The molecule has 2 aromatic heterocycles. The van der Waals surface area contributed by atoms with Crippen molar-refractivity contribution in [3.05, 3.63) is 30.2 Å². The van der Waals surface area contributed by atoms with E-state index < -0.39 is 0 Å². The maximum Gasteiger partial charge on any atom is 0.150 e. The fourth-order valence-electron chi connectivity index (χ4n) is 3.21. The molecule has 0 radical (unpaired) electrons. The Kier molecular flexibility index (Phi) is 5.12. The van der Waals surface area contributed by atoms with Crippen LogP contribution in [0.3, 0.4) is 0 Å². The Bertz CT molecular complexity index is 689. The lowest BCUT2D eigenvalue weighted by molar-refractivity contribution is 0.122. The Labute approximate surface area is 153 Å². The molecule has 8 nitrogen and oxygen atoms in total. The predicted octanol–water partition coefficient (Wildman–Crippen LogP) is 1.17. The number of morpholine rings is 1. The molecule has 2 fully saturated rings. The van der Waals surface area contributed by atoms with Crippen LogP contribution in [0, 0.1) is 6.92 Å². The van der Waals surface area contributed by atoms with Crippen molar-refractivity contribution in [2.24, 2.45) is 0 Å². The van der Waals surface area contributed by atoms with E-state index in [0.717, 1.165) is 69.8 Å². The van der Waals surface area contributed by atoms with E-state index in [1.54, 1.807) is 12.4 Å². The summed E-state index contributed by atoms with van der Waals surface area (Å²) in [7, 11) is 0. The van der Waals surface area contributed by atoms with Crippen molar-refractivity contribution in [2.45, 2.75) is 6.92 Å². The number of pyridine rings is 1. The van der Waals surface area contributed by atoms with Gasteiger partial charge >= 0.3 is 0 Å². The number of ether oxygens (including phenoxy) is 1. The standard InChI is InChI=1S/C18H25N7O/c1-14-12-21-17(13-20-14)22-16-10-15(24-4-2-19-3-5-24)11-18(23-16)25-6-8-26-9-7-25/h10-13,19H,2-9H2,1H3,(H,21,22,23). The summed E-state index contributed by atoms with van der Waals surface area (Å²) < 4.78 is 5.48. The maximum atomic E-state index is 5.48. The Hall–Kier alpha value is -2.45. The van der Waals surface area contributed by atoms with Crippen LogP contribution in [0.4, 0.5) is 23.1 Å². The van der Waals surface area contributed by atoms with E-state index in [1.165, 1.54) is 5.69 Å². The van der Waals surface area contributed by atoms with E-state index in [-0.39, 0.29) is 0 Å². The molecular weight excluding hydrogens is 330 g/mol. The molecule has 0 saturated carbocycles. The number of anilines is 4. The summed E-state index contributed by atoms with van der Waals surface area (Å²) in [6.07, 6.45) is 3.49. The van der Waals surface area contributed by atoms with Gasteiger partial charge in [0.25, 0.3) is 0 Å². The number of aryl methyl sites for hydroxylation is 1. The minimum absolute atomic E-state index is 0.702. The fourth-order valence-corrected chi connectivity index (χ4v) is 3.21. The molecule has 0 atom stereocenters. The number of nitrogens with one attached hydrogen (secondary N) is 2. The van der Waals surface area contributed by atoms with Crippen LogP contribution in [0.1, 0.15) is 5.69 Å². The molecule has 0 amide bonds. The monoisotopic (exact) mass is 355 g/mol. The molecule has 0 spiro atoms. The molecule has 26 heavy (non-hydrogen) atoms. The molecule has 138 valence electrons. The van der Waals surface area contributed by atoms with Gasteiger partial charge in [0.15, 0.2) is 0 Å². The molecule has 0 bridgehead atoms. The molecule has 4 rings (SSSR count). The van der Waals surface area contributed by atoms with Crippen molar-refractivity contribution in [3.8, 4) is 0 Å². The minimum atomic E-state index is 0.702. The predicted molar refractivity (Wildman–Crippen MR) is 102 cm³/mol. The minimum Gasteiger partial charge on any atom is -0.378 e. The van der Waals surface area contributed by atoms with E-state index >= 15 is 0 Å². The summed E-state index contributed by atoms with van der Waals surface area (Å²) in [6, 6.07) is 4.28. The first-order valence-corrected chi connectivity index (χ1v) is 9.14. The van der Waals surface area contributed by atoms with Gasteiger partial charge in [0.2, 0.25) is 0 Å². The second-order valence-corrected chi connectivity index (χ2v) is 6.57. The van der Waals surface area contributed by atoms with Gasteiger partial charge in [-0.3, -0.25) is 4.98 Å². The Morgan fingerprint density at radius 2 is 1.77 bits per heavy atom.